The number of rotatable bonds is 6. The summed E-state index contributed by atoms with van der Waals surface area (Å²) in [5.41, 5.74) is 7.27. The Morgan fingerprint density at radius 2 is 1.82 bits per heavy atom. The van der Waals surface area contributed by atoms with Crippen molar-refractivity contribution in [3.63, 3.8) is 0 Å². The molecule has 0 atom stereocenters. The van der Waals surface area contributed by atoms with Gasteiger partial charge in [-0.25, -0.2) is 4.98 Å². The zero-order valence-electron chi connectivity index (χ0n) is 18.9. The number of alkyl halides is 3. The fraction of sp³-hybridized carbons (Fsp3) is 0.391. The molecule has 4 rings (SSSR count). The second-order valence-corrected chi connectivity index (χ2v) is 8.09. The number of nitrogens with one attached hydrogen (secondary N) is 1. The van der Waals surface area contributed by atoms with Crippen LogP contribution in [0.15, 0.2) is 42.6 Å². The van der Waals surface area contributed by atoms with Gasteiger partial charge in [-0.2, -0.15) is 28.1 Å². The Bertz CT molecular complexity index is 1100. The lowest BCUT2D eigenvalue weighted by molar-refractivity contribution is -0.137. The van der Waals surface area contributed by atoms with E-state index in [1.54, 1.807) is 0 Å². The van der Waals surface area contributed by atoms with Crippen molar-refractivity contribution in [2.24, 2.45) is 0 Å². The summed E-state index contributed by atoms with van der Waals surface area (Å²) in [7, 11) is 0. The van der Waals surface area contributed by atoms with Gasteiger partial charge in [0.1, 0.15) is 11.6 Å². The predicted molar refractivity (Wildman–Crippen MR) is 125 cm³/mol. The third-order valence-electron chi connectivity index (χ3n) is 5.70. The van der Waals surface area contributed by atoms with Gasteiger partial charge in [-0.05, 0) is 36.6 Å². The smallest absolute Gasteiger partial charge is 0.368 e. The number of aryl methyl sites for hydroxylation is 1. The van der Waals surface area contributed by atoms with E-state index >= 15 is 0 Å². The quantitative estimate of drug-likeness (QED) is 0.558. The van der Waals surface area contributed by atoms with E-state index in [1.165, 1.54) is 6.07 Å². The zero-order valence-corrected chi connectivity index (χ0v) is 18.9. The van der Waals surface area contributed by atoms with E-state index in [2.05, 4.69) is 37.1 Å². The third-order valence-corrected chi connectivity index (χ3v) is 5.70. The summed E-state index contributed by atoms with van der Waals surface area (Å²) in [5, 5.41) is 3.24. The summed E-state index contributed by atoms with van der Waals surface area (Å²) < 4.78 is 38.4. The van der Waals surface area contributed by atoms with E-state index in [4.69, 9.17) is 5.73 Å². The van der Waals surface area contributed by atoms with Gasteiger partial charge in [0.05, 0.1) is 12.1 Å². The van der Waals surface area contributed by atoms with Crippen LogP contribution in [0.2, 0.25) is 0 Å². The minimum absolute atomic E-state index is 0.145. The first-order valence-electron chi connectivity index (χ1n) is 11.2. The molecule has 8 nitrogen and oxygen atoms in total. The molecule has 1 saturated heterocycles. The van der Waals surface area contributed by atoms with E-state index in [-0.39, 0.29) is 5.95 Å². The van der Waals surface area contributed by atoms with Gasteiger partial charge < -0.3 is 16.0 Å². The number of hydrogen-bond donors (Lipinski definition) is 2. The maximum Gasteiger partial charge on any atom is 0.417 e. The van der Waals surface area contributed by atoms with Crippen molar-refractivity contribution in [1.29, 1.82) is 0 Å². The average molecular weight is 473 g/mol. The molecular formula is C23H27F3N8. The molecule has 3 heterocycles. The van der Waals surface area contributed by atoms with Gasteiger partial charge in [-0.1, -0.05) is 25.1 Å². The fourth-order valence-corrected chi connectivity index (χ4v) is 3.93. The summed E-state index contributed by atoms with van der Waals surface area (Å²) in [6.07, 6.45) is -1.80. The van der Waals surface area contributed by atoms with E-state index in [9.17, 15) is 13.2 Å². The molecule has 0 unspecified atom stereocenters. The van der Waals surface area contributed by atoms with Gasteiger partial charge in [-0.3, -0.25) is 4.90 Å². The predicted octanol–water partition coefficient (Wildman–Crippen LogP) is 3.89. The van der Waals surface area contributed by atoms with E-state index in [0.29, 0.717) is 43.8 Å². The highest BCUT2D eigenvalue weighted by Gasteiger charge is 2.31. The first kappa shape index (κ1) is 23.7. The first-order valence-corrected chi connectivity index (χ1v) is 11.2. The van der Waals surface area contributed by atoms with Crippen LogP contribution in [-0.2, 0) is 19.1 Å². The summed E-state index contributed by atoms with van der Waals surface area (Å²) in [6, 6.07) is 10.4. The van der Waals surface area contributed by atoms with Crippen molar-refractivity contribution in [3.8, 4) is 0 Å². The second-order valence-electron chi connectivity index (χ2n) is 8.09. The van der Waals surface area contributed by atoms with Gasteiger partial charge >= 0.3 is 6.18 Å². The molecule has 1 fully saturated rings. The molecule has 0 aliphatic carbocycles. The van der Waals surface area contributed by atoms with Crippen molar-refractivity contribution in [2.45, 2.75) is 32.5 Å². The van der Waals surface area contributed by atoms with Crippen molar-refractivity contribution in [2.75, 3.05) is 42.1 Å². The molecule has 3 aromatic rings. The number of halogens is 3. The number of aromatic nitrogens is 4. The van der Waals surface area contributed by atoms with Crippen LogP contribution < -0.4 is 16.0 Å². The van der Waals surface area contributed by atoms with Crippen molar-refractivity contribution in [1.82, 2.24) is 24.8 Å². The van der Waals surface area contributed by atoms with E-state index in [0.717, 1.165) is 42.9 Å². The minimum atomic E-state index is -4.39. The van der Waals surface area contributed by atoms with Gasteiger partial charge in [0.15, 0.2) is 0 Å². The summed E-state index contributed by atoms with van der Waals surface area (Å²) >= 11 is 0. The van der Waals surface area contributed by atoms with Crippen molar-refractivity contribution in [3.05, 3.63) is 59.5 Å². The maximum atomic E-state index is 12.8. The Balaban J connectivity index is 1.40. The molecule has 3 N–H and O–H groups in total. The molecule has 11 heteroatoms. The van der Waals surface area contributed by atoms with Gasteiger partial charge in [0.25, 0.3) is 0 Å². The third kappa shape index (κ3) is 5.90. The largest absolute Gasteiger partial charge is 0.417 e. The van der Waals surface area contributed by atoms with Crippen LogP contribution in [0.1, 0.15) is 30.3 Å². The molecule has 180 valence electrons. The van der Waals surface area contributed by atoms with E-state index in [1.807, 2.05) is 29.2 Å². The summed E-state index contributed by atoms with van der Waals surface area (Å²) in [5.74, 6) is 1.64. The molecule has 0 amide bonds. The Kier molecular flexibility index (Phi) is 7.11. The molecule has 0 radical (unpaired) electrons. The van der Waals surface area contributed by atoms with Gasteiger partial charge in [0.2, 0.25) is 11.9 Å². The SMILES string of the molecule is CCc1ccccc1Nc1nc(N)nc(CN2CCCN(c3ccc(C(F)(F)F)cn3)CC2)n1. The Morgan fingerprint density at radius 1 is 1.00 bits per heavy atom. The lowest BCUT2D eigenvalue weighted by atomic mass is 10.1. The number of pyridine rings is 1. The molecule has 1 aliphatic rings. The lowest BCUT2D eigenvalue weighted by Gasteiger charge is -2.22. The number of para-hydroxylation sites is 1. The van der Waals surface area contributed by atoms with Crippen molar-refractivity contribution >= 4 is 23.4 Å². The standard InChI is InChI=1S/C23H27F3N8/c1-2-16-6-3-4-7-18(16)29-22-31-19(30-21(27)32-22)15-33-10-5-11-34(13-12-33)20-9-8-17(14-28-20)23(24,25)26/h3-4,6-9,14H,2,5,10-13,15H2,1H3,(H3,27,29,30,31,32). The highest BCUT2D eigenvalue weighted by Crippen LogP contribution is 2.29. The van der Waals surface area contributed by atoms with Crippen LogP contribution in [0.4, 0.5) is 36.6 Å². The number of nitrogen functional groups attached to an aromatic ring is 1. The zero-order chi connectivity index (χ0) is 24.1. The molecule has 2 aromatic heterocycles. The molecular weight excluding hydrogens is 445 g/mol. The van der Waals surface area contributed by atoms with Crippen LogP contribution in [0, 0.1) is 0 Å². The molecule has 0 bridgehead atoms. The molecule has 0 spiro atoms. The number of nitrogens with two attached hydrogens (primary N) is 1. The number of hydrogen-bond acceptors (Lipinski definition) is 8. The minimum Gasteiger partial charge on any atom is -0.368 e. The molecule has 1 aromatic carbocycles. The van der Waals surface area contributed by atoms with E-state index < -0.39 is 11.7 Å². The van der Waals surface area contributed by atoms with Gasteiger partial charge in [0, 0.05) is 38.1 Å². The van der Waals surface area contributed by atoms with Crippen LogP contribution in [-0.4, -0.2) is 51.0 Å². The second kappa shape index (κ2) is 10.2. The fourth-order valence-electron chi connectivity index (χ4n) is 3.93. The van der Waals surface area contributed by atoms with Crippen LogP contribution >= 0.6 is 0 Å². The molecule has 1 aliphatic heterocycles. The maximum absolute atomic E-state index is 12.8. The Morgan fingerprint density at radius 3 is 2.56 bits per heavy atom. The van der Waals surface area contributed by atoms with Crippen LogP contribution in [0.3, 0.4) is 0 Å². The Hall–Kier alpha value is -3.47. The molecule has 0 saturated carbocycles. The average Bonchev–Trinajstić information content (AvgIpc) is 3.04. The number of anilines is 4. The van der Waals surface area contributed by atoms with Crippen LogP contribution in [0.5, 0.6) is 0 Å². The van der Waals surface area contributed by atoms with Crippen molar-refractivity contribution < 1.29 is 13.2 Å². The normalized spacial score (nSPS) is 15.2. The van der Waals surface area contributed by atoms with Crippen LogP contribution in [0.25, 0.3) is 0 Å². The lowest BCUT2D eigenvalue weighted by Crippen LogP contribution is -2.31. The number of benzene rings is 1. The highest BCUT2D eigenvalue weighted by atomic mass is 19.4. The monoisotopic (exact) mass is 472 g/mol. The Labute approximate surface area is 196 Å². The first-order chi connectivity index (χ1) is 16.3. The molecule has 34 heavy (non-hydrogen) atoms. The summed E-state index contributed by atoms with van der Waals surface area (Å²) in [6.45, 7) is 5.39. The summed E-state index contributed by atoms with van der Waals surface area (Å²) in [4.78, 5) is 21.3. The highest BCUT2D eigenvalue weighted by molar-refractivity contribution is 5.58. The van der Waals surface area contributed by atoms with Gasteiger partial charge in [-0.15, -0.1) is 0 Å². The number of nitrogens with zero attached hydrogens (tertiary/aromatic N) is 6. The topological polar surface area (TPSA) is 96.1 Å².